The van der Waals surface area contributed by atoms with Crippen molar-refractivity contribution in [3.63, 3.8) is 0 Å². The van der Waals surface area contributed by atoms with E-state index in [0.29, 0.717) is 5.56 Å². The first-order valence-corrected chi connectivity index (χ1v) is 15.0. The van der Waals surface area contributed by atoms with E-state index in [1.807, 2.05) is 24.3 Å². The smallest absolute Gasteiger partial charge is 0.346 e. The summed E-state index contributed by atoms with van der Waals surface area (Å²) in [5, 5.41) is 22.3. The highest BCUT2D eigenvalue weighted by atomic mass is 32.1. The minimum atomic E-state index is -1.23. The molecule has 2 heterocycles. The van der Waals surface area contributed by atoms with E-state index in [0.717, 1.165) is 28.2 Å². The van der Waals surface area contributed by atoms with Crippen molar-refractivity contribution < 1.29 is 9.90 Å². The molecular weight excluding hydrogens is 557 g/mol. The molecule has 6 aromatic rings. The Hall–Kier alpha value is -5.22. The number of thiophene rings is 2. The molecule has 0 saturated heterocycles. The second-order valence-electron chi connectivity index (χ2n) is 9.53. The van der Waals surface area contributed by atoms with Crippen molar-refractivity contribution in [3.8, 4) is 38.1 Å². The van der Waals surface area contributed by atoms with Crippen LogP contribution in [0, 0.1) is 11.3 Å². The second-order valence-corrected chi connectivity index (χ2v) is 11.4. The molecule has 6 heteroatoms. The summed E-state index contributed by atoms with van der Waals surface area (Å²) in [5.41, 5.74) is 7.96. The van der Waals surface area contributed by atoms with E-state index in [-0.39, 0.29) is 5.57 Å². The predicted octanol–water partition coefficient (Wildman–Crippen LogP) is 10.3. The number of anilines is 3. The van der Waals surface area contributed by atoms with Crippen molar-refractivity contribution in [1.82, 2.24) is 0 Å². The van der Waals surface area contributed by atoms with Crippen LogP contribution in [-0.2, 0) is 4.79 Å². The molecule has 0 aliphatic heterocycles. The summed E-state index contributed by atoms with van der Waals surface area (Å²) in [4.78, 5) is 15.9. The Labute approximate surface area is 252 Å². The second kappa shape index (κ2) is 12.1. The average Bonchev–Trinajstić information content (AvgIpc) is 3.77. The van der Waals surface area contributed by atoms with Gasteiger partial charge in [0.1, 0.15) is 11.6 Å². The van der Waals surface area contributed by atoms with Crippen LogP contribution in [0.3, 0.4) is 0 Å². The van der Waals surface area contributed by atoms with E-state index in [4.69, 9.17) is 10.4 Å². The molecule has 0 unspecified atom stereocenters. The van der Waals surface area contributed by atoms with Gasteiger partial charge in [-0.3, -0.25) is 0 Å². The molecule has 0 saturated carbocycles. The van der Waals surface area contributed by atoms with Crippen LogP contribution in [-0.4, -0.2) is 11.1 Å². The fourth-order valence-electron chi connectivity index (χ4n) is 4.77. The molecule has 0 aliphatic rings. The number of hydrogen-bond acceptors (Lipinski definition) is 5. The van der Waals surface area contributed by atoms with Crippen LogP contribution in [0.25, 0.3) is 38.1 Å². The van der Waals surface area contributed by atoms with Gasteiger partial charge in [0.2, 0.25) is 0 Å². The first-order chi connectivity index (χ1) is 20.6. The molecule has 42 heavy (non-hydrogen) atoms. The molecule has 0 bridgehead atoms. The Kier molecular flexibility index (Phi) is 7.78. The third-order valence-corrected chi connectivity index (χ3v) is 8.73. The van der Waals surface area contributed by atoms with Gasteiger partial charge in [-0.15, -0.1) is 22.7 Å². The van der Waals surface area contributed by atoms with Crippen LogP contribution in [0.5, 0.6) is 0 Å². The molecule has 6 rings (SSSR count). The molecule has 0 fully saturated rings. The summed E-state index contributed by atoms with van der Waals surface area (Å²) in [7, 11) is 0. The largest absolute Gasteiger partial charge is 0.477 e. The van der Waals surface area contributed by atoms with Gasteiger partial charge < -0.3 is 10.0 Å². The van der Waals surface area contributed by atoms with Gasteiger partial charge in [-0.1, -0.05) is 72.8 Å². The SMILES string of the molecule is N#C/C(=C/c1ccc(-c2ccc(N(c3ccc(-c4cccs4)cc3)c3ccc(-c4cccs4)cc3)cc2)cc1)C(=O)O. The van der Waals surface area contributed by atoms with Crippen molar-refractivity contribution in [3.05, 3.63) is 143 Å². The molecule has 1 N–H and O–H groups in total. The van der Waals surface area contributed by atoms with E-state index in [9.17, 15) is 4.79 Å². The molecule has 2 aromatic heterocycles. The van der Waals surface area contributed by atoms with Crippen LogP contribution in [0.15, 0.2) is 138 Å². The number of nitriles is 1. The highest BCUT2D eigenvalue weighted by Gasteiger charge is 2.14. The van der Waals surface area contributed by atoms with E-state index >= 15 is 0 Å². The minimum Gasteiger partial charge on any atom is -0.477 e. The maximum atomic E-state index is 11.2. The summed E-state index contributed by atoms with van der Waals surface area (Å²) >= 11 is 3.47. The lowest BCUT2D eigenvalue weighted by atomic mass is 10.0. The Morgan fingerprint density at radius 2 is 1.02 bits per heavy atom. The van der Waals surface area contributed by atoms with Crippen LogP contribution in [0.2, 0.25) is 0 Å². The fourth-order valence-corrected chi connectivity index (χ4v) is 6.23. The van der Waals surface area contributed by atoms with Gasteiger partial charge in [-0.2, -0.15) is 5.26 Å². The number of hydrogen-bond donors (Lipinski definition) is 1. The van der Waals surface area contributed by atoms with Crippen molar-refractivity contribution in [2.45, 2.75) is 0 Å². The molecule has 0 spiro atoms. The summed E-state index contributed by atoms with van der Waals surface area (Å²) in [5.74, 6) is -1.23. The molecule has 0 radical (unpaired) electrons. The fraction of sp³-hybridized carbons (Fsp3) is 0. The number of carbonyl (C=O) groups is 1. The van der Waals surface area contributed by atoms with Gasteiger partial charge in [0.15, 0.2) is 0 Å². The van der Waals surface area contributed by atoms with Crippen LogP contribution in [0.1, 0.15) is 5.56 Å². The lowest BCUT2D eigenvalue weighted by Crippen LogP contribution is -2.09. The highest BCUT2D eigenvalue weighted by Crippen LogP contribution is 2.38. The quantitative estimate of drug-likeness (QED) is 0.144. The standard InChI is InChI=1S/C36H24N2O2S2/c37-24-30(36(39)40)23-25-5-7-26(8-6-25)27-9-15-31(16-10-27)38(32-17-11-28(12-18-32)34-3-1-21-41-34)33-19-13-29(14-20-33)35-4-2-22-42-35/h1-23H,(H,39,40)/b30-23-. The van der Waals surface area contributed by atoms with Gasteiger partial charge in [-0.05, 0) is 93.2 Å². The summed E-state index contributed by atoms with van der Waals surface area (Å²) in [6, 6.07) is 43.4. The third kappa shape index (κ3) is 5.79. The summed E-state index contributed by atoms with van der Waals surface area (Å²) < 4.78 is 0. The Balaban J connectivity index is 1.32. The van der Waals surface area contributed by atoms with Crippen LogP contribution < -0.4 is 4.90 Å². The molecule has 4 nitrogen and oxygen atoms in total. The molecule has 0 amide bonds. The van der Waals surface area contributed by atoms with Gasteiger partial charge >= 0.3 is 5.97 Å². The number of carboxylic acid groups (broad SMARTS) is 1. The van der Waals surface area contributed by atoms with Gasteiger partial charge in [0.25, 0.3) is 0 Å². The zero-order valence-electron chi connectivity index (χ0n) is 22.3. The van der Waals surface area contributed by atoms with Crippen LogP contribution in [0.4, 0.5) is 17.1 Å². The number of carboxylic acids is 1. The van der Waals surface area contributed by atoms with Crippen molar-refractivity contribution in [2.24, 2.45) is 0 Å². The normalized spacial score (nSPS) is 11.2. The Morgan fingerprint density at radius 3 is 1.38 bits per heavy atom. The number of rotatable bonds is 8. The monoisotopic (exact) mass is 580 g/mol. The minimum absolute atomic E-state index is 0.293. The molecule has 0 aliphatic carbocycles. The highest BCUT2D eigenvalue weighted by molar-refractivity contribution is 7.13. The predicted molar refractivity (Wildman–Crippen MR) is 174 cm³/mol. The number of aliphatic carboxylic acids is 1. The van der Waals surface area contributed by atoms with Crippen molar-refractivity contribution >= 4 is 51.8 Å². The first kappa shape index (κ1) is 27.0. The maximum Gasteiger partial charge on any atom is 0.346 e. The van der Waals surface area contributed by atoms with E-state index < -0.39 is 5.97 Å². The van der Waals surface area contributed by atoms with Crippen molar-refractivity contribution in [2.75, 3.05) is 4.90 Å². The lowest BCUT2D eigenvalue weighted by Gasteiger charge is -2.26. The van der Waals surface area contributed by atoms with E-state index in [1.165, 1.54) is 27.0 Å². The van der Waals surface area contributed by atoms with Crippen molar-refractivity contribution in [1.29, 1.82) is 5.26 Å². The molecule has 202 valence electrons. The van der Waals surface area contributed by atoms with Gasteiger partial charge in [0, 0.05) is 26.8 Å². The molecule has 4 aromatic carbocycles. The average molecular weight is 581 g/mol. The maximum absolute atomic E-state index is 11.2. The van der Waals surface area contributed by atoms with Crippen LogP contribution >= 0.6 is 22.7 Å². The topological polar surface area (TPSA) is 64.3 Å². The molecule has 0 atom stereocenters. The van der Waals surface area contributed by atoms with E-state index in [1.54, 1.807) is 28.7 Å². The number of benzene rings is 4. The zero-order chi connectivity index (χ0) is 28.9. The third-order valence-electron chi connectivity index (χ3n) is 6.89. The van der Waals surface area contributed by atoms with Gasteiger partial charge in [-0.25, -0.2) is 4.79 Å². The Morgan fingerprint density at radius 1 is 0.619 bits per heavy atom. The lowest BCUT2D eigenvalue weighted by molar-refractivity contribution is -0.132. The Bertz CT molecular complexity index is 1790. The summed E-state index contributed by atoms with van der Waals surface area (Å²) in [6.45, 7) is 0. The first-order valence-electron chi connectivity index (χ1n) is 13.2. The number of nitrogens with zero attached hydrogens (tertiary/aromatic N) is 2. The zero-order valence-corrected chi connectivity index (χ0v) is 24.0. The van der Waals surface area contributed by atoms with Gasteiger partial charge in [0.05, 0.1) is 0 Å². The summed E-state index contributed by atoms with van der Waals surface area (Å²) in [6.07, 6.45) is 1.38. The molecular formula is C36H24N2O2S2. The van der Waals surface area contributed by atoms with E-state index in [2.05, 4.69) is 113 Å².